The molecule has 0 aromatic carbocycles. The minimum Gasteiger partial charge on any atom is -0.382 e. The molecule has 6 N–H and O–H groups in total. The molecule has 2 aliphatic rings. The van der Waals surface area contributed by atoms with Gasteiger partial charge in [0.15, 0.2) is 41.4 Å². The Bertz CT molecular complexity index is 1730. The summed E-state index contributed by atoms with van der Waals surface area (Å²) in [6.07, 6.45) is -6.05. The van der Waals surface area contributed by atoms with Gasteiger partial charge in [0.2, 0.25) is 6.29 Å². The van der Waals surface area contributed by atoms with Crippen LogP contribution in [0.3, 0.4) is 0 Å². The maximum Gasteiger partial charge on any atom is 0.698 e. The molecule has 0 amide bonds. The van der Waals surface area contributed by atoms with Crippen LogP contribution in [-0.2, 0) is 39.4 Å². The summed E-state index contributed by atoms with van der Waals surface area (Å²) in [6, 6.07) is 0. The Kier molecular flexibility index (Phi) is 8.05. The first-order valence-corrected chi connectivity index (χ1v) is 16.1. The van der Waals surface area contributed by atoms with E-state index < -0.39 is 70.8 Å². The van der Waals surface area contributed by atoms with Crippen molar-refractivity contribution in [2.45, 2.75) is 50.2 Å². The Labute approximate surface area is 245 Å². The van der Waals surface area contributed by atoms with Gasteiger partial charge in [-0.05, 0) is 11.8 Å². The standard InChI is InChI=1S/C20H22F2N10O8P2S/c1-7-9(21)8(37-18(7)31-5-29-11-14(23)25-3-27-16(11)31)2-36-41(33)39-13-10(22)20(40-42(34,35)43)38-19(13)32-6-30-12-15(24)26-4-28-17(12)32/h3-10,13,18-20H,2H2,1H3,(H5-,23,24,25,26,27,28,34,35,43)/p+1/t7-,8-,9+,10+,13-,18-,19-,20-/m1/s1. The van der Waals surface area contributed by atoms with Crippen LogP contribution in [0.1, 0.15) is 19.4 Å². The van der Waals surface area contributed by atoms with Crippen molar-refractivity contribution >= 4 is 60.7 Å². The van der Waals surface area contributed by atoms with Crippen LogP contribution in [0.4, 0.5) is 20.4 Å². The van der Waals surface area contributed by atoms with Gasteiger partial charge in [0.05, 0.1) is 12.7 Å². The SMILES string of the molecule is C[C@@H]1[C@H](F)[C@@H](CO[P+](=O)O[C@@H]2[C@H](F)[C@@H](OP(O)(O)=S)O[C@H]2n2cnc3c(N)ncnc32)O[C@H]1n1cnc2c(N)ncnc21. The number of fused-ring (bicyclic) bond motifs is 2. The van der Waals surface area contributed by atoms with Gasteiger partial charge in [-0.15, -0.1) is 9.05 Å². The zero-order valence-corrected chi connectivity index (χ0v) is 24.4. The van der Waals surface area contributed by atoms with E-state index in [2.05, 4.69) is 41.7 Å². The summed E-state index contributed by atoms with van der Waals surface area (Å²) in [5, 5.41) is 0. The second-order valence-electron chi connectivity index (χ2n) is 9.56. The predicted octanol–water partition coefficient (Wildman–Crippen LogP) is 1.18. The number of hydrogen-bond donors (Lipinski definition) is 4. The summed E-state index contributed by atoms with van der Waals surface area (Å²) in [4.78, 5) is 43.3. The van der Waals surface area contributed by atoms with E-state index in [1.807, 2.05) is 0 Å². The number of ether oxygens (including phenoxy) is 2. The largest absolute Gasteiger partial charge is 0.698 e. The first kappa shape index (κ1) is 30.1. The average Bonchev–Trinajstić information content (AvgIpc) is 3.70. The molecule has 2 saturated heterocycles. The minimum atomic E-state index is -4.40. The molecule has 2 fully saturated rings. The number of rotatable bonds is 9. The second-order valence-corrected chi connectivity index (χ2v) is 13.1. The van der Waals surface area contributed by atoms with Crippen LogP contribution in [-0.4, -0.2) is 86.3 Å². The quantitative estimate of drug-likeness (QED) is 0.184. The van der Waals surface area contributed by atoms with Crippen molar-refractivity contribution in [2.24, 2.45) is 5.92 Å². The summed E-state index contributed by atoms with van der Waals surface area (Å²) >= 11 is 4.43. The fourth-order valence-electron chi connectivity index (χ4n) is 4.86. The predicted molar refractivity (Wildman–Crippen MR) is 144 cm³/mol. The van der Waals surface area contributed by atoms with E-state index in [1.54, 1.807) is 6.92 Å². The van der Waals surface area contributed by atoms with Crippen molar-refractivity contribution in [3.8, 4) is 0 Å². The van der Waals surface area contributed by atoms with Gasteiger partial charge < -0.3 is 30.7 Å². The molecule has 43 heavy (non-hydrogen) atoms. The van der Waals surface area contributed by atoms with Crippen LogP contribution in [0, 0.1) is 5.92 Å². The fourth-order valence-corrected chi connectivity index (χ4v) is 6.29. The molecule has 0 aliphatic carbocycles. The van der Waals surface area contributed by atoms with E-state index in [0.29, 0.717) is 11.2 Å². The monoisotopic (exact) mass is 663 g/mol. The highest BCUT2D eigenvalue weighted by atomic mass is 32.5. The van der Waals surface area contributed by atoms with Gasteiger partial charge in [0.25, 0.3) is 0 Å². The molecule has 0 radical (unpaired) electrons. The zero-order valence-electron chi connectivity index (χ0n) is 21.8. The van der Waals surface area contributed by atoms with Gasteiger partial charge in [0, 0.05) is 10.5 Å². The highest BCUT2D eigenvalue weighted by Crippen LogP contribution is 2.48. The maximum atomic E-state index is 15.5. The van der Waals surface area contributed by atoms with Gasteiger partial charge in [-0.25, -0.2) is 38.7 Å². The average molecular weight is 663 g/mol. The summed E-state index contributed by atoms with van der Waals surface area (Å²) < 4.78 is 73.0. The Balaban J connectivity index is 1.17. The van der Waals surface area contributed by atoms with Crippen LogP contribution in [0.5, 0.6) is 0 Å². The third-order valence-electron chi connectivity index (χ3n) is 6.87. The lowest BCUT2D eigenvalue weighted by molar-refractivity contribution is -0.119. The van der Waals surface area contributed by atoms with E-state index >= 15 is 8.78 Å². The van der Waals surface area contributed by atoms with Crippen molar-refractivity contribution in [3.05, 3.63) is 25.3 Å². The molecule has 23 heteroatoms. The van der Waals surface area contributed by atoms with Gasteiger partial charge in [-0.1, -0.05) is 6.92 Å². The van der Waals surface area contributed by atoms with Crippen LogP contribution < -0.4 is 11.5 Å². The molecule has 0 spiro atoms. The number of alkyl halides is 2. The smallest absolute Gasteiger partial charge is 0.382 e. The van der Waals surface area contributed by atoms with E-state index in [1.165, 1.54) is 28.1 Å². The molecule has 230 valence electrons. The number of aromatic nitrogens is 8. The molecule has 1 unspecified atom stereocenters. The Morgan fingerprint density at radius 1 is 0.977 bits per heavy atom. The molecule has 4 aromatic heterocycles. The van der Waals surface area contributed by atoms with Crippen molar-refractivity contribution in [2.75, 3.05) is 18.1 Å². The van der Waals surface area contributed by atoms with Crippen molar-refractivity contribution in [1.29, 1.82) is 0 Å². The molecule has 4 aromatic rings. The third kappa shape index (κ3) is 5.68. The van der Waals surface area contributed by atoms with Crippen LogP contribution in [0.15, 0.2) is 25.3 Å². The normalized spacial score (nSPS) is 30.0. The van der Waals surface area contributed by atoms with Crippen LogP contribution in [0.2, 0.25) is 0 Å². The zero-order chi connectivity index (χ0) is 30.6. The van der Waals surface area contributed by atoms with Gasteiger partial charge in [-0.2, -0.15) is 0 Å². The molecule has 2 aliphatic heterocycles. The lowest BCUT2D eigenvalue weighted by atomic mass is 10.0. The lowest BCUT2D eigenvalue weighted by Gasteiger charge is -2.17. The number of anilines is 2. The molecular formula is C20H23F2N10O8P2S+. The van der Waals surface area contributed by atoms with Crippen molar-refractivity contribution in [1.82, 2.24) is 39.0 Å². The first-order chi connectivity index (χ1) is 20.4. The fraction of sp³-hybridized carbons (Fsp3) is 0.500. The van der Waals surface area contributed by atoms with E-state index in [4.69, 9.17) is 34.5 Å². The summed E-state index contributed by atoms with van der Waals surface area (Å²) in [5.74, 6) is -0.542. The van der Waals surface area contributed by atoms with Crippen molar-refractivity contribution < 1.29 is 46.2 Å². The molecule has 0 bridgehead atoms. The molecule has 0 saturated carbocycles. The second kappa shape index (κ2) is 11.5. The van der Waals surface area contributed by atoms with Gasteiger partial charge in [-0.3, -0.25) is 13.7 Å². The molecule has 6 heterocycles. The molecular weight excluding hydrogens is 640 g/mol. The number of nitrogens with zero attached hydrogens (tertiary/aromatic N) is 8. The highest BCUT2D eigenvalue weighted by Gasteiger charge is 2.55. The molecule has 6 rings (SSSR count). The van der Waals surface area contributed by atoms with Gasteiger partial charge >= 0.3 is 15.0 Å². The topological polar surface area (TPSA) is 243 Å². The number of nitrogen functional groups attached to an aromatic ring is 2. The van der Waals surface area contributed by atoms with Gasteiger partial charge in [0.1, 0.15) is 48.8 Å². The number of halogens is 2. The van der Waals surface area contributed by atoms with E-state index in [-0.39, 0.29) is 22.8 Å². The van der Waals surface area contributed by atoms with Crippen LogP contribution in [0.25, 0.3) is 22.3 Å². The molecule has 18 nitrogen and oxygen atoms in total. The third-order valence-corrected chi connectivity index (χ3v) is 8.38. The van der Waals surface area contributed by atoms with E-state index in [9.17, 15) is 14.4 Å². The molecule has 9 atom stereocenters. The first-order valence-electron chi connectivity index (χ1n) is 12.4. The van der Waals surface area contributed by atoms with Crippen LogP contribution >= 0.6 is 15.0 Å². The Hall–Kier alpha value is -2.97. The van der Waals surface area contributed by atoms with Crippen molar-refractivity contribution in [3.63, 3.8) is 0 Å². The summed E-state index contributed by atoms with van der Waals surface area (Å²) in [7, 11) is -3.13. The number of hydrogen-bond acceptors (Lipinski definition) is 15. The minimum absolute atomic E-state index is 0.0175. The Morgan fingerprint density at radius 2 is 1.56 bits per heavy atom. The highest BCUT2D eigenvalue weighted by molar-refractivity contribution is 8.06. The number of nitrogens with two attached hydrogens (primary N) is 2. The summed E-state index contributed by atoms with van der Waals surface area (Å²) in [6.45, 7) is -3.33. The maximum absolute atomic E-state index is 15.5. The summed E-state index contributed by atoms with van der Waals surface area (Å²) in [5.41, 5.74) is 12.5. The Morgan fingerprint density at radius 3 is 2.14 bits per heavy atom. The van der Waals surface area contributed by atoms with E-state index in [0.717, 1.165) is 6.33 Å². The lowest BCUT2D eigenvalue weighted by Crippen LogP contribution is -2.30. The number of imidazole rings is 2.